The molecule has 0 aliphatic heterocycles. The molecule has 0 saturated carbocycles. The van der Waals surface area contributed by atoms with Gasteiger partial charge in [0.25, 0.3) is 11.6 Å². The lowest BCUT2D eigenvalue weighted by Gasteiger charge is -2.09. The van der Waals surface area contributed by atoms with Crippen molar-refractivity contribution in [3.05, 3.63) is 98.8 Å². The molecular formula is C25H19N3O4. The second-order valence-corrected chi connectivity index (χ2v) is 7.37. The predicted octanol–water partition coefficient (Wildman–Crippen LogP) is 4.23. The highest BCUT2D eigenvalue weighted by molar-refractivity contribution is 5.93. The van der Waals surface area contributed by atoms with Gasteiger partial charge in [0.2, 0.25) is 5.71 Å². The molecular weight excluding hydrogens is 406 g/mol. The molecule has 0 radical (unpaired) electrons. The number of pyridine rings is 1. The van der Waals surface area contributed by atoms with Gasteiger partial charge in [-0.05, 0) is 35.2 Å². The number of ether oxygens (including phenoxy) is 1. The van der Waals surface area contributed by atoms with Crippen LogP contribution in [0.3, 0.4) is 0 Å². The molecule has 32 heavy (non-hydrogen) atoms. The smallest absolute Gasteiger partial charge is 0.337 e. The Balaban J connectivity index is 1.45. The Hall–Kier alpha value is -4.26. The quantitative estimate of drug-likeness (QED) is 0.452. The highest BCUT2D eigenvalue weighted by Gasteiger charge is 2.13. The van der Waals surface area contributed by atoms with Gasteiger partial charge < -0.3 is 9.15 Å². The lowest BCUT2D eigenvalue weighted by atomic mass is 10.0. The maximum atomic E-state index is 12.5. The van der Waals surface area contributed by atoms with E-state index in [4.69, 9.17) is 9.15 Å². The third kappa shape index (κ3) is 3.65. The maximum absolute atomic E-state index is 12.5. The fraction of sp³-hybridized carbons (Fsp3) is 0.120. The summed E-state index contributed by atoms with van der Waals surface area (Å²) in [6.07, 6.45) is 2.30. The van der Waals surface area contributed by atoms with Crippen LogP contribution < -0.4 is 15.9 Å². The molecule has 5 rings (SSSR count). The molecule has 7 nitrogen and oxygen atoms in total. The number of benzene rings is 2. The van der Waals surface area contributed by atoms with Crippen molar-refractivity contribution in [3.63, 3.8) is 0 Å². The largest absolute Gasteiger partial charge is 0.460 e. The maximum Gasteiger partial charge on any atom is 0.337 e. The molecule has 0 fully saturated rings. The van der Waals surface area contributed by atoms with Gasteiger partial charge in [0.05, 0.1) is 5.52 Å². The van der Waals surface area contributed by atoms with Crippen LogP contribution in [-0.2, 0) is 13.0 Å². The molecule has 0 aliphatic carbocycles. The number of nitrogens with one attached hydrogen (secondary N) is 1. The monoisotopic (exact) mass is 425 g/mol. The van der Waals surface area contributed by atoms with Crippen molar-refractivity contribution >= 4 is 22.0 Å². The first-order chi connectivity index (χ1) is 15.6. The Labute approximate surface area is 182 Å². The lowest BCUT2D eigenvalue weighted by Crippen LogP contribution is -2.15. The molecule has 0 atom stereocenters. The van der Waals surface area contributed by atoms with Crippen molar-refractivity contribution < 1.29 is 9.15 Å². The zero-order valence-electron chi connectivity index (χ0n) is 17.3. The molecule has 0 aliphatic rings. The van der Waals surface area contributed by atoms with Crippen molar-refractivity contribution in [2.45, 2.75) is 20.0 Å². The van der Waals surface area contributed by atoms with Crippen LogP contribution in [0, 0.1) is 0 Å². The van der Waals surface area contributed by atoms with Crippen LogP contribution in [0.5, 0.6) is 6.01 Å². The van der Waals surface area contributed by atoms with Crippen molar-refractivity contribution in [2.24, 2.45) is 0 Å². The van der Waals surface area contributed by atoms with Crippen LogP contribution in [0.25, 0.3) is 33.1 Å². The molecule has 5 aromatic rings. The van der Waals surface area contributed by atoms with E-state index in [9.17, 15) is 9.59 Å². The molecule has 3 aromatic heterocycles. The van der Waals surface area contributed by atoms with Crippen molar-refractivity contribution in [1.29, 1.82) is 0 Å². The van der Waals surface area contributed by atoms with E-state index in [1.165, 1.54) is 6.07 Å². The number of hydrogen-bond acceptors (Lipinski definition) is 6. The minimum Gasteiger partial charge on any atom is -0.460 e. The average Bonchev–Trinajstić information content (AvgIpc) is 2.81. The number of rotatable bonds is 5. The fourth-order valence-corrected chi connectivity index (χ4v) is 3.79. The normalized spacial score (nSPS) is 11.2. The van der Waals surface area contributed by atoms with Crippen LogP contribution in [0.15, 0.2) is 80.9 Å². The van der Waals surface area contributed by atoms with Gasteiger partial charge in [0.1, 0.15) is 12.0 Å². The second kappa shape index (κ2) is 8.11. The summed E-state index contributed by atoms with van der Waals surface area (Å²) in [6, 6.07) is 19.2. The lowest BCUT2D eigenvalue weighted by molar-refractivity contribution is 0.279. The Morgan fingerprint density at radius 2 is 1.88 bits per heavy atom. The van der Waals surface area contributed by atoms with E-state index >= 15 is 0 Å². The standard InChI is InChI=1S/C25H19N3O4/c1-2-16-13-20(29)32-24-21(16)23(30)27-25(28-24)31-14-15-6-3-8-18(12-15)19-10-4-7-17-9-5-11-26-22(17)19/h3-13H,2,14H2,1H3,(H,27,28,30). The zero-order valence-corrected chi connectivity index (χ0v) is 17.3. The number of para-hydroxylation sites is 1. The number of nitrogens with zero attached hydrogens (tertiary/aromatic N) is 2. The van der Waals surface area contributed by atoms with Crippen LogP contribution in [0.2, 0.25) is 0 Å². The van der Waals surface area contributed by atoms with Gasteiger partial charge in [-0.1, -0.05) is 49.4 Å². The number of aryl methyl sites for hydroxylation is 1. The van der Waals surface area contributed by atoms with Crippen molar-refractivity contribution in [1.82, 2.24) is 15.0 Å². The summed E-state index contributed by atoms with van der Waals surface area (Å²) in [5, 5.41) is 1.34. The van der Waals surface area contributed by atoms with E-state index in [0.717, 1.165) is 27.6 Å². The average molecular weight is 425 g/mol. The fourth-order valence-electron chi connectivity index (χ4n) is 3.79. The summed E-state index contributed by atoms with van der Waals surface area (Å²) in [4.78, 5) is 35.6. The zero-order chi connectivity index (χ0) is 22.1. The third-order valence-electron chi connectivity index (χ3n) is 5.30. The number of aromatic amines is 1. The Bertz CT molecular complexity index is 1560. The van der Waals surface area contributed by atoms with E-state index in [1.54, 1.807) is 6.20 Å². The topological polar surface area (TPSA) is 98.1 Å². The number of hydrogen-bond donors (Lipinski definition) is 1. The van der Waals surface area contributed by atoms with Gasteiger partial charge in [-0.3, -0.25) is 14.8 Å². The van der Waals surface area contributed by atoms with Gasteiger partial charge in [-0.2, -0.15) is 4.98 Å². The van der Waals surface area contributed by atoms with E-state index < -0.39 is 11.2 Å². The summed E-state index contributed by atoms with van der Waals surface area (Å²) >= 11 is 0. The van der Waals surface area contributed by atoms with Crippen LogP contribution in [-0.4, -0.2) is 15.0 Å². The molecule has 0 spiro atoms. The highest BCUT2D eigenvalue weighted by Crippen LogP contribution is 2.27. The van der Waals surface area contributed by atoms with Gasteiger partial charge in [-0.15, -0.1) is 0 Å². The molecule has 0 unspecified atom stereocenters. The van der Waals surface area contributed by atoms with Crippen molar-refractivity contribution in [2.75, 3.05) is 0 Å². The van der Waals surface area contributed by atoms with E-state index in [2.05, 4.69) is 15.0 Å². The van der Waals surface area contributed by atoms with Crippen molar-refractivity contribution in [3.8, 4) is 17.1 Å². The summed E-state index contributed by atoms with van der Waals surface area (Å²) in [5.74, 6) is 0. The van der Waals surface area contributed by atoms with E-state index in [0.29, 0.717) is 12.0 Å². The summed E-state index contributed by atoms with van der Waals surface area (Å²) in [7, 11) is 0. The first-order valence-electron chi connectivity index (χ1n) is 10.3. The minimum atomic E-state index is -0.546. The van der Waals surface area contributed by atoms with Gasteiger partial charge in [0, 0.05) is 23.2 Å². The molecule has 0 bridgehead atoms. The van der Waals surface area contributed by atoms with E-state index in [1.807, 2.05) is 61.5 Å². The van der Waals surface area contributed by atoms with Crippen LogP contribution in [0.4, 0.5) is 0 Å². The third-order valence-corrected chi connectivity index (χ3v) is 5.30. The number of fused-ring (bicyclic) bond motifs is 2. The molecule has 0 saturated heterocycles. The van der Waals surface area contributed by atoms with Gasteiger partial charge >= 0.3 is 5.63 Å². The molecule has 3 heterocycles. The number of aromatic nitrogens is 3. The second-order valence-electron chi connectivity index (χ2n) is 7.37. The van der Waals surface area contributed by atoms with Gasteiger partial charge in [0.15, 0.2) is 0 Å². The molecule has 158 valence electrons. The molecule has 0 amide bonds. The first-order valence-corrected chi connectivity index (χ1v) is 10.3. The SMILES string of the molecule is CCc1cc(=O)oc2nc(OCc3cccc(-c4cccc5cccnc45)c3)[nH]c(=O)c12. The Morgan fingerprint density at radius 3 is 2.75 bits per heavy atom. The Morgan fingerprint density at radius 1 is 1.03 bits per heavy atom. The highest BCUT2D eigenvalue weighted by atomic mass is 16.5. The molecule has 2 aromatic carbocycles. The van der Waals surface area contributed by atoms with Crippen LogP contribution in [0.1, 0.15) is 18.1 Å². The molecule has 1 N–H and O–H groups in total. The minimum absolute atomic E-state index is 0.00358. The summed E-state index contributed by atoms with van der Waals surface area (Å²) in [6.45, 7) is 2.04. The predicted molar refractivity (Wildman–Crippen MR) is 122 cm³/mol. The van der Waals surface area contributed by atoms with Crippen LogP contribution >= 0.6 is 0 Å². The Kier molecular flexibility index (Phi) is 4.99. The summed E-state index contributed by atoms with van der Waals surface area (Å²) < 4.78 is 10.9. The number of H-pyrrole nitrogens is 1. The van der Waals surface area contributed by atoms with Gasteiger partial charge in [-0.25, -0.2) is 4.79 Å². The summed E-state index contributed by atoms with van der Waals surface area (Å²) in [5.41, 5.74) is 3.47. The first kappa shape index (κ1) is 19.7. The van der Waals surface area contributed by atoms with E-state index in [-0.39, 0.29) is 23.7 Å². The molecule has 7 heteroatoms.